The maximum absolute atomic E-state index is 5.49. The zero-order valence-corrected chi connectivity index (χ0v) is 9.87. The number of hydrogen-bond donors (Lipinski definition) is 1. The molecule has 1 heterocycles. The van der Waals surface area contributed by atoms with Crippen molar-refractivity contribution in [2.45, 2.75) is 20.4 Å². The molecule has 2 rings (SSSR count). The van der Waals surface area contributed by atoms with E-state index in [1.54, 1.807) is 6.26 Å². The van der Waals surface area contributed by atoms with E-state index in [4.69, 9.17) is 4.42 Å². The molecule has 0 fully saturated rings. The minimum atomic E-state index is 0.700. The van der Waals surface area contributed by atoms with Crippen LogP contribution in [-0.4, -0.2) is 12.0 Å². The zero-order valence-electron chi connectivity index (χ0n) is 9.87. The van der Waals surface area contributed by atoms with Crippen molar-refractivity contribution in [2.24, 2.45) is 0 Å². The normalized spacial score (nSPS) is 10.7. The highest BCUT2D eigenvalue weighted by molar-refractivity contribution is 5.59. The van der Waals surface area contributed by atoms with Gasteiger partial charge in [-0.05, 0) is 32.5 Å². The summed E-state index contributed by atoms with van der Waals surface area (Å²) in [6.07, 6.45) is 1.70. The Kier molecular flexibility index (Phi) is 3.06. The van der Waals surface area contributed by atoms with Crippen molar-refractivity contribution < 1.29 is 4.42 Å². The van der Waals surface area contributed by atoms with E-state index in [9.17, 15) is 0 Å². The van der Waals surface area contributed by atoms with Gasteiger partial charge in [0.15, 0.2) is 0 Å². The molecule has 0 spiro atoms. The summed E-state index contributed by atoms with van der Waals surface area (Å²) in [6.45, 7) is 4.87. The van der Waals surface area contributed by atoms with Gasteiger partial charge in [0.1, 0.15) is 6.26 Å². The summed E-state index contributed by atoms with van der Waals surface area (Å²) < 4.78 is 5.49. The molecule has 0 amide bonds. The first-order valence-corrected chi connectivity index (χ1v) is 5.37. The number of nitrogens with one attached hydrogen (secondary N) is 1. The summed E-state index contributed by atoms with van der Waals surface area (Å²) in [7, 11) is 1.90. The van der Waals surface area contributed by atoms with Crippen LogP contribution in [0.2, 0.25) is 0 Å². The molecule has 2 aromatic rings. The van der Waals surface area contributed by atoms with Gasteiger partial charge < -0.3 is 9.73 Å². The van der Waals surface area contributed by atoms with Gasteiger partial charge >= 0.3 is 0 Å². The third-order valence-electron chi connectivity index (χ3n) is 2.53. The molecule has 0 unspecified atom stereocenters. The molecule has 0 radical (unpaired) electrons. The molecule has 0 aliphatic heterocycles. The number of aromatic nitrogens is 1. The summed E-state index contributed by atoms with van der Waals surface area (Å²) in [6, 6.07) is 6.28. The van der Waals surface area contributed by atoms with Crippen LogP contribution < -0.4 is 5.32 Å². The first-order valence-electron chi connectivity index (χ1n) is 5.37. The Bertz CT molecular complexity index is 488. The molecule has 1 aromatic heterocycles. The summed E-state index contributed by atoms with van der Waals surface area (Å²) >= 11 is 0. The number of hydrogen-bond acceptors (Lipinski definition) is 3. The van der Waals surface area contributed by atoms with Crippen molar-refractivity contribution in [3.8, 4) is 11.5 Å². The molecule has 0 aliphatic rings. The molecule has 84 valence electrons. The minimum absolute atomic E-state index is 0.700. The Morgan fingerprint density at radius 2 is 2.12 bits per heavy atom. The van der Waals surface area contributed by atoms with E-state index in [-0.39, 0.29) is 0 Å². The molecule has 3 heteroatoms. The lowest BCUT2D eigenvalue weighted by Gasteiger charge is -2.02. The van der Waals surface area contributed by atoms with E-state index in [2.05, 4.69) is 42.3 Å². The summed E-state index contributed by atoms with van der Waals surface area (Å²) in [5.74, 6) is 0.700. The van der Waals surface area contributed by atoms with Crippen molar-refractivity contribution in [2.75, 3.05) is 7.05 Å². The molecule has 1 aromatic carbocycles. The van der Waals surface area contributed by atoms with Gasteiger partial charge in [0.2, 0.25) is 5.89 Å². The van der Waals surface area contributed by atoms with E-state index in [1.807, 2.05) is 7.05 Å². The second-order valence-corrected chi connectivity index (χ2v) is 3.99. The zero-order chi connectivity index (χ0) is 11.5. The highest BCUT2D eigenvalue weighted by Gasteiger charge is 2.08. The summed E-state index contributed by atoms with van der Waals surface area (Å²) in [5, 5.41) is 3.05. The number of aryl methyl sites for hydroxylation is 2. The van der Waals surface area contributed by atoms with Gasteiger partial charge in [-0.25, -0.2) is 4.98 Å². The fourth-order valence-corrected chi connectivity index (χ4v) is 1.66. The molecular weight excluding hydrogens is 200 g/mol. The molecular formula is C13H16N2O. The Morgan fingerprint density at radius 1 is 1.31 bits per heavy atom. The lowest BCUT2D eigenvalue weighted by molar-refractivity contribution is 0.571. The van der Waals surface area contributed by atoms with Crippen molar-refractivity contribution in [1.82, 2.24) is 10.3 Å². The minimum Gasteiger partial charge on any atom is -0.444 e. The van der Waals surface area contributed by atoms with E-state index in [0.29, 0.717) is 5.89 Å². The van der Waals surface area contributed by atoms with Crippen LogP contribution in [0.25, 0.3) is 11.5 Å². The predicted molar refractivity (Wildman–Crippen MR) is 64.2 cm³/mol. The van der Waals surface area contributed by atoms with Gasteiger partial charge in [0, 0.05) is 12.1 Å². The van der Waals surface area contributed by atoms with Gasteiger partial charge in [-0.3, -0.25) is 0 Å². The van der Waals surface area contributed by atoms with Crippen molar-refractivity contribution >= 4 is 0 Å². The lowest BCUT2D eigenvalue weighted by atomic mass is 10.1. The van der Waals surface area contributed by atoms with Gasteiger partial charge in [-0.1, -0.05) is 17.7 Å². The molecule has 0 bridgehead atoms. The summed E-state index contributed by atoms with van der Waals surface area (Å²) in [5.41, 5.74) is 4.40. The predicted octanol–water partition coefficient (Wildman–Crippen LogP) is 2.68. The van der Waals surface area contributed by atoms with Crippen molar-refractivity contribution in [3.63, 3.8) is 0 Å². The van der Waals surface area contributed by atoms with Crippen LogP contribution >= 0.6 is 0 Å². The Hall–Kier alpha value is -1.61. The van der Waals surface area contributed by atoms with Crippen molar-refractivity contribution in [1.29, 1.82) is 0 Å². The second-order valence-electron chi connectivity index (χ2n) is 3.99. The van der Waals surface area contributed by atoms with Crippen LogP contribution in [0.15, 0.2) is 28.9 Å². The van der Waals surface area contributed by atoms with Gasteiger partial charge in [-0.15, -0.1) is 0 Å². The van der Waals surface area contributed by atoms with E-state index >= 15 is 0 Å². The van der Waals surface area contributed by atoms with Gasteiger partial charge in [-0.2, -0.15) is 0 Å². The molecule has 1 N–H and O–H groups in total. The third-order valence-corrected chi connectivity index (χ3v) is 2.53. The molecule has 0 atom stereocenters. The highest BCUT2D eigenvalue weighted by Crippen LogP contribution is 2.23. The smallest absolute Gasteiger partial charge is 0.226 e. The van der Waals surface area contributed by atoms with Crippen LogP contribution in [0.1, 0.15) is 16.8 Å². The van der Waals surface area contributed by atoms with E-state index < -0.39 is 0 Å². The molecule has 0 saturated heterocycles. The monoisotopic (exact) mass is 216 g/mol. The largest absolute Gasteiger partial charge is 0.444 e. The molecule has 16 heavy (non-hydrogen) atoms. The van der Waals surface area contributed by atoms with E-state index in [1.165, 1.54) is 11.1 Å². The average molecular weight is 216 g/mol. The number of benzene rings is 1. The highest BCUT2D eigenvalue weighted by atomic mass is 16.3. The molecule has 0 aliphatic carbocycles. The fraction of sp³-hybridized carbons (Fsp3) is 0.308. The van der Waals surface area contributed by atoms with Gasteiger partial charge in [0.05, 0.1) is 5.69 Å². The topological polar surface area (TPSA) is 38.1 Å². The van der Waals surface area contributed by atoms with Crippen LogP contribution in [-0.2, 0) is 6.54 Å². The SMILES string of the molecule is CNCc1coc(-c2cc(C)ccc2C)n1. The van der Waals surface area contributed by atoms with Crippen LogP contribution in [0.5, 0.6) is 0 Å². The maximum atomic E-state index is 5.49. The maximum Gasteiger partial charge on any atom is 0.226 e. The second kappa shape index (κ2) is 4.49. The molecule has 0 saturated carbocycles. The number of rotatable bonds is 3. The average Bonchev–Trinajstić information content (AvgIpc) is 2.71. The number of nitrogens with zero attached hydrogens (tertiary/aromatic N) is 1. The Morgan fingerprint density at radius 3 is 2.88 bits per heavy atom. The number of oxazole rings is 1. The first kappa shape index (κ1) is 10.9. The molecule has 3 nitrogen and oxygen atoms in total. The Labute approximate surface area is 95.5 Å². The third kappa shape index (κ3) is 2.14. The van der Waals surface area contributed by atoms with E-state index in [0.717, 1.165) is 17.8 Å². The van der Waals surface area contributed by atoms with Crippen molar-refractivity contribution in [3.05, 3.63) is 41.3 Å². The quantitative estimate of drug-likeness (QED) is 0.857. The van der Waals surface area contributed by atoms with Crippen LogP contribution in [0.3, 0.4) is 0 Å². The lowest BCUT2D eigenvalue weighted by Crippen LogP contribution is -2.04. The Balaban J connectivity index is 2.38. The van der Waals surface area contributed by atoms with Crippen LogP contribution in [0.4, 0.5) is 0 Å². The summed E-state index contributed by atoms with van der Waals surface area (Å²) in [4.78, 5) is 4.44. The fourth-order valence-electron chi connectivity index (χ4n) is 1.66. The van der Waals surface area contributed by atoms with Crippen LogP contribution in [0, 0.1) is 13.8 Å². The van der Waals surface area contributed by atoms with Gasteiger partial charge in [0.25, 0.3) is 0 Å². The standard InChI is InChI=1S/C13H16N2O/c1-9-4-5-10(2)12(6-9)13-15-11(7-14-3)8-16-13/h4-6,8,14H,7H2,1-3H3. The first-order chi connectivity index (χ1) is 7.70.